The molecule has 0 amide bonds. The van der Waals surface area contributed by atoms with Crippen LogP contribution in [-0.4, -0.2) is 12.9 Å². The van der Waals surface area contributed by atoms with Crippen LogP contribution in [-0.2, 0) is 0 Å². The number of carbonyl (C=O) groups is 1. The molecule has 94 valence electrons. The van der Waals surface area contributed by atoms with Gasteiger partial charge in [-0.15, -0.1) is 0 Å². The fourth-order valence-electron chi connectivity index (χ4n) is 1.57. The minimum atomic E-state index is -0.210. The van der Waals surface area contributed by atoms with Crippen molar-refractivity contribution >= 4 is 37.6 Å². The van der Waals surface area contributed by atoms with Gasteiger partial charge in [-0.3, -0.25) is 4.79 Å². The monoisotopic (exact) mass is 372 g/mol. The van der Waals surface area contributed by atoms with E-state index >= 15 is 0 Å². The number of ketones is 1. The molecule has 5 heteroatoms. The van der Waals surface area contributed by atoms with E-state index in [0.29, 0.717) is 16.0 Å². The molecule has 0 bridgehead atoms. The molecule has 0 atom stereocenters. The second-order valence-electron chi connectivity index (χ2n) is 3.73. The Morgan fingerprint density at radius 1 is 1.28 bits per heavy atom. The number of carbonyl (C=O) groups excluding carboxylic acids is 1. The molecule has 18 heavy (non-hydrogen) atoms. The maximum atomic E-state index is 12.3. The molecule has 2 rings (SSSR count). The van der Waals surface area contributed by atoms with Gasteiger partial charge in [0.05, 0.1) is 12.7 Å². The van der Waals surface area contributed by atoms with E-state index in [1.54, 1.807) is 18.2 Å². The van der Waals surface area contributed by atoms with Gasteiger partial charge in [0.1, 0.15) is 5.75 Å². The van der Waals surface area contributed by atoms with Crippen LogP contribution in [0, 0.1) is 6.92 Å². The van der Waals surface area contributed by atoms with E-state index in [-0.39, 0.29) is 11.5 Å². The van der Waals surface area contributed by atoms with Gasteiger partial charge in [-0.25, -0.2) is 0 Å². The van der Waals surface area contributed by atoms with Gasteiger partial charge in [0.2, 0.25) is 5.78 Å². The molecule has 0 unspecified atom stereocenters. The standard InChI is InChI=1S/C13H10Br2O3/c1-7-5-11(17-2)8(6-9(7)14)13(16)10-3-4-12(15)18-10/h3-6H,1-2H3. The number of ether oxygens (including phenoxy) is 1. The molecule has 0 saturated heterocycles. The Bertz CT molecular complexity index is 602. The van der Waals surface area contributed by atoms with Crippen molar-refractivity contribution in [2.75, 3.05) is 7.11 Å². The minimum Gasteiger partial charge on any atom is -0.496 e. The molecular weight excluding hydrogens is 364 g/mol. The predicted octanol–water partition coefficient (Wildman–Crippen LogP) is 4.35. The highest BCUT2D eigenvalue weighted by Crippen LogP contribution is 2.29. The molecule has 0 aliphatic rings. The highest BCUT2D eigenvalue weighted by molar-refractivity contribution is 9.10. The van der Waals surface area contributed by atoms with Gasteiger partial charge in [0.15, 0.2) is 10.4 Å². The average molecular weight is 374 g/mol. The first-order valence-corrected chi connectivity index (χ1v) is 6.75. The molecule has 0 saturated carbocycles. The third-order valence-electron chi connectivity index (χ3n) is 2.52. The molecule has 2 aromatic rings. The molecule has 0 spiro atoms. The van der Waals surface area contributed by atoms with Crippen molar-refractivity contribution in [2.24, 2.45) is 0 Å². The molecule has 1 heterocycles. The molecule has 1 aromatic carbocycles. The number of rotatable bonds is 3. The van der Waals surface area contributed by atoms with E-state index in [4.69, 9.17) is 9.15 Å². The minimum absolute atomic E-state index is 0.210. The van der Waals surface area contributed by atoms with E-state index in [9.17, 15) is 4.79 Å². The van der Waals surface area contributed by atoms with Crippen LogP contribution in [0.15, 0.2) is 37.8 Å². The van der Waals surface area contributed by atoms with Crippen molar-refractivity contribution in [3.63, 3.8) is 0 Å². The summed E-state index contributed by atoms with van der Waals surface area (Å²) < 4.78 is 11.9. The third kappa shape index (κ3) is 2.52. The highest BCUT2D eigenvalue weighted by atomic mass is 79.9. The molecule has 0 aliphatic heterocycles. The summed E-state index contributed by atoms with van der Waals surface area (Å²) in [5.74, 6) is 0.599. The van der Waals surface area contributed by atoms with Crippen molar-refractivity contribution in [1.29, 1.82) is 0 Å². The molecule has 1 aromatic heterocycles. The lowest BCUT2D eigenvalue weighted by atomic mass is 10.1. The number of methoxy groups -OCH3 is 1. The first-order valence-electron chi connectivity index (χ1n) is 5.17. The number of halogens is 2. The number of hydrogen-bond donors (Lipinski definition) is 0. The van der Waals surface area contributed by atoms with E-state index in [1.807, 2.05) is 13.0 Å². The van der Waals surface area contributed by atoms with E-state index in [1.165, 1.54) is 7.11 Å². The maximum Gasteiger partial charge on any atom is 0.231 e. The lowest BCUT2D eigenvalue weighted by Crippen LogP contribution is -2.03. The zero-order valence-corrected chi connectivity index (χ0v) is 13.0. The van der Waals surface area contributed by atoms with Gasteiger partial charge >= 0.3 is 0 Å². The number of hydrogen-bond acceptors (Lipinski definition) is 3. The van der Waals surface area contributed by atoms with Crippen molar-refractivity contribution in [2.45, 2.75) is 6.92 Å². The quantitative estimate of drug-likeness (QED) is 0.750. The van der Waals surface area contributed by atoms with E-state index in [0.717, 1.165) is 10.0 Å². The van der Waals surface area contributed by atoms with Gasteiger partial charge in [0.25, 0.3) is 0 Å². The van der Waals surface area contributed by atoms with Gasteiger partial charge in [0, 0.05) is 4.47 Å². The molecule has 3 nitrogen and oxygen atoms in total. The molecule has 0 aliphatic carbocycles. The summed E-state index contributed by atoms with van der Waals surface area (Å²) in [5, 5.41) is 0. The largest absolute Gasteiger partial charge is 0.496 e. The van der Waals surface area contributed by atoms with Crippen LogP contribution in [0.1, 0.15) is 21.7 Å². The maximum absolute atomic E-state index is 12.3. The molecule has 0 N–H and O–H groups in total. The topological polar surface area (TPSA) is 39.4 Å². The third-order valence-corrected chi connectivity index (χ3v) is 3.80. The second-order valence-corrected chi connectivity index (χ2v) is 5.37. The second kappa shape index (κ2) is 5.28. The van der Waals surface area contributed by atoms with E-state index < -0.39 is 0 Å². The normalized spacial score (nSPS) is 10.4. The van der Waals surface area contributed by atoms with Crippen LogP contribution in [0.5, 0.6) is 5.75 Å². The number of benzene rings is 1. The number of aryl methyl sites for hydroxylation is 1. The van der Waals surface area contributed by atoms with Gasteiger partial charge < -0.3 is 9.15 Å². The highest BCUT2D eigenvalue weighted by Gasteiger charge is 2.19. The Morgan fingerprint density at radius 2 is 2.00 bits per heavy atom. The van der Waals surface area contributed by atoms with Crippen LogP contribution >= 0.6 is 31.9 Å². The summed E-state index contributed by atoms with van der Waals surface area (Å²) in [4.78, 5) is 12.3. The van der Waals surface area contributed by atoms with Crippen molar-refractivity contribution in [3.05, 3.63) is 50.3 Å². The van der Waals surface area contributed by atoms with Crippen molar-refractivity contribution in [3.8, 4) is 5.75 Å². The fourth-order valence-corrected chi connectivity index (χ4v) is 2.22. The summed E-state index contributed by atoms with van der Waals surface area (Å²) >= 11 is 6.58. The van der Waals surface area contributed by atoms with Crippen molar-refractivity contribution in [1.82, 2.24) is 0 Å². The Hall–Kier alpha value is -1.07. The lowest BCUT2D eigenvalue weighted by molar-refractivity contribution is 0.100. The van der Waals surface area contributed by atoms with Crippen LogP contribution in [0.2, 0.25) is 0 Å². The predicted molar refractivity (Wildman–Crippen MR) is 75.3 cm³/mol. The van der Waals surface area contributed by atoms with E-state index in [2.05, 4.69) is 31.9 Å². The van der Waals surface area contributed by atoms with Crippen LogP contribution in [0.25, 0.3) is 0 Å². The van der Waals surface area contributed by atoms with Gasteiger partial charge in [-0.1, -0.05) is 15.9 Å². The molecule has 0 radical (unpaired) electrons. The summed E-state index contributed by atoms with van der Waals surface area (Å²) in [7, 11) is 1.54. The van der Waals surface area contributed by atoms with Crippen LogP contribution in [0.3, 0.4) is 0 Å². The van der Waals surface area contributed by atoms with Crippen LogP contribution < -0.4 is 4.74 Å². The Labute approximate surface area is 121 Å². The lowest BCUT2D eigenvalue weighted by Gasteiger charge is -2.09. The summed E-state index contributed by atoms with van der Waals surface area (Å²) in [5.41, 5.74) is 1.47. The van der Waals surface area contributed by atoms with Gasteiger partial charge in [-0.05, 0) is 52.7 Å². The van der Waals surface area contributed by atoms with Crippen LogP contribution in [0.4, 0.5) is 0 Å². The molecule has 0 fully saturated rings. The zero-order valence-electron chi connectivity index (χ0n) is 9.79. The summed E-state index contributed by atoms with van der Waals surface area (Å²) in [6.07, 6.45) is 0. The number of furan rings is 1. The first-order chi connectivity index (χ1) is 8.52. The Morgan fingerprint density at radius 3 is 2.56 bits per heavy atom. The smallest absolute Gasteiger partial charge is 0.231 e. The average Bonchev–Trinajstić information content (AvgIpc) is 2.78. The summed E-state index contributed by atoms with van der Waals surface area (Å²) in [6.45, 7) is 1.93. The Kier molecular flexibility index (Phi) is 3.92. The summed E-state index contributed by atoms with van der Waals surface area (Å²) in [6, 6.07) is 6.87. The zero-order chi connectivity index (χ0) is 13.3. The molecular formula is C13H10Br2O3. The van der Waals surface area contributed by atoms with Crippen molar-refractivity contribution < 1.29 is 13.9 Å². The SMILES string of the molecule is COc1cc(C)c(Br)cc1C(=O)c1ccc(Br)o1. The fraction of sp³-hybridized carbons (Fsp3) is 0.154. The first kappa shape index (κ1) is 13.4. The Balaban J connectivity index is 2.50. The van der Waals surface area contributed by atoms with Gasteiger partial charge in [-0.2, -0.15) is 0 Å².